The zero-order valence-corrected chi connectivity index (χ0v) is 17.3. The number of nitrogens with two attached hydrogens (primary N) is 3. The van der Waals surface area contributed by atoms with Crippen molar-refractivity contribution >= 4 is 42.4 Å². The Hall–Kier alpha value is -2.42. The zero-order chi connectivity index (χ0) is 23.7. The van der Waals surface area contributed by atoms with E-state index in [1.807, 2.05) is 0 Å². The third kappa shape index (κ3) is 16.5. The fourth-order valence-corrected chi connectivity index (χ4v) is 2.05. The van der Waals surface area contributed by atoms with Crippen molar-refractivity contribution in [1.29, 1.82) is 0 Å². The molecule has 0 aliphatic heterocycles. The van der Waals surface area contributed by atoms with Crippen LogP contribution in [0.5, 0.6) is 0 Å². The number of hydrogen-bond acceptors (Lipinski definition) is 9. The second-order valence-corrected chi connectivity index (χ2v) is 6.49. The van der Waals surface area contributed by atoms with Crippen LogP contribution >= 0.6 is 12.6 Å². The molecule has 30 heavy (non-hydrogen) atoms. The molecule has 0 aromatic rings. The van der Waals surface area contributed by atoms with E-state index in [4.69, 9.17) is 32.5 Å². The molecule has 0 heterocycles. The first kappa shape index (κ1) is 29.8. The standard InChI is InChI=1S/C10H17N3O6S.C6H14N2O2/c11-5(10(18)19)1-2-7(14)13-6(4-20)9(17)12-3-8(15)16;7-4-2-1-3-5(8)6(9)10/h5-6,20H,1-4,11H2,(H,12,17)(H,13,14)(H,15,16)(H,18,19);5H,1-4,7-8H2,(H,9,10)/t5-,6-;5-/m00/s1. The number of aliphatic carboxylic acids is 3. The number of carbonyl (C=O) groups is 5. The van der Waals surface area contributed by atoms with Gasteiger partial charge in [0.25, 0.3) is 0 Å². The number of amides is 2. The van der Waals surface area contributed by atoms with Crippen LogP contribution in [-0.2, 0) is 24.0 Å². The first-order chi connectivity index (χ1) is 14.0. The summed E-state index contributed by atoms with van der Waals surface area (Å²) < 4.78 is 0. The van der Waals surface area contributed by atoms with E-state index >= 15 is 0 Å². The summed E-state index contributed by atoms with van der Waals surface area (Å²) in [4.78, 5) is 53.9. The lowest BCUT2D eigenvalue weighted by atomic mass is 10.1. The molecule has 0 radical (unpaired) electrons. The average molecular weight is 454 g/mol. The minimum atomic E-state index is -1.22. The molecule has 0 aliphatic carbocycles. The predicted octanol–water partition coefficient (Wildman–Crippen LogP) is -2.68. The minimum Gasteiger partial charge on any atom is -0.480 e. The predicted molar refractivity (Wildman–Crippen MR) is 110 cm³/mol. The van der Waals surface area contributed by atoms with Crippen molar-refractivity contribution in [2.75, 3.05) is 18.8 Å². The summed E-state index contributed by atoms with van der Waals surface area (Å²) in [6, 6.07) is -2.87. The SMILES string of the molecule is NCCCC[C@H](N)C(=O)O.N[C@@H](CCC(=O)N[C@@H](CS)C(=O)NCC(=O)O)C(=O)O. The summed E-state index contributed by atoms with van der Waals surface area (Å²) in [5, 5.41) is 29.7. The molecule has 0 bridgehead atoms. The van der Waals surface area contributed by atoms with E-state index in [2.05, 4.69) is 23.3 Å². The first-order valence-corrected chi connectivity index (χ1v) is 9.66. The molecule has 0 saturated carbocycles. The van der Waals surface area contributed by atoms with Gasteiger partial charge in [-0.1, -0.05) is 6.42 Å². The van der Waals surface area contributed by atoms with Crippen LogP contribution in [0, 0.1) is 0 Å². The molecule has 0 unspecified atom stereocenters. The summed E-state index contributed by atoms with van der Waals surface area (Å²) in [6.45, 7) is 0.0369. The molecule has 0 fully saturated rings. The molecule has 0 spiro atoms. The van der Waals surface area contributed by atoms with Gasteiger partial charge >= 0.3 is 17.9 Å². The van der Waals surface area contributed by atoms with Gasteiger partial charge in [-0.15, -0.1) is 0 Å². The fourth-order valence-electron chi connectivity index (χ4n) is 1.79. The van der Waals surface area contributed by atoms with Crippen LogP contribution in [0.4, 0.5) is 0 Å². The number of nitrogens with one attached hydrogen (secondary N) is 2. The first-order valence-electron chi connectivity index (χ1n) is 9.02. The van der Waals surface area contributed by atoms with E-state index in [9.17, 15) is 24.0 Å². The Labute approximate surface area is 179 Å². The third-order valence-electron chi connectivity index (χ3n) is 3.53. The van der Waals surface area contributed by atoms with Crippen LogP contribution in [-0.4, -0.2) is 82.0 Å². The molecule has 0 aromatic heterocycles. The molecule has 0 saturated heterocycles. The van der Waals surface area contributed by atoms with Crippen molar-refractivity contribution < 1.29 is 39.3 Å². The topological polar surface area (TPSA) is 248 Å². The Balaban J connectivity index is 0. The number of hydrogen-bond donors (Lipinski definition) is 9. The van der Waals surface area contributed by atoms with Crippen LogP contribution in [0.15, 0.2) is 0 Å². The monoisotopic (exact) mass is 453 g/mol. The quantitative estimate of drug-likeness (QED) is 0.0967. The van der Waals surface area contributed by atoms with Crippen LogP contribution in [0.2, 0.25) is 0 Å². The molecule has 11 N–H and O–H groups in total. The highest BCUT2D eigenvalue weighted by molar-refractivity contribution is 7.80. The van der Waals surface area contributed by atoms with E-state index in [0.717, 1.165) is 12.8 Å². The molecule has 14 heteroatoms. The maximum atomic E-state index is 11.5. The number of unbranched alkanes of at least 4 members (excludes halogenated alkanes) is 1. The lowest BCUT2D eigenvalue weighted by Crippen LogP contribution is -2.49. The molecule has 3 atom stereocenters. The molecule has 0 aromatic carbocycles. The average Bonchev–Trinajstić information content (AvgIpc) is 2.68. The van der Waals surface area contributed by atoms with Crippen molar-refractivity contribution in [3.05, 3.63) is 0 Å². The normalized spacial score (nSPS) is 13.1. The number of carboxylic acid groups (broad SMARTS) is 3. The molecular weight excluding hydrogens is 422 g/mol. The highest BCUT2D eigenvalue weighted by atomic mass is 32.1. The summed E-state index contributed by atoms with van der Waals surface area (Å²) >= 11 is 3.87. The van der Waals surface area contributed by atoms with Crippen LogP contribution in [0.25, 0.3) is 0 Å². The van der Waals surface area contributed by atoms with Crippen molar-refractivity contribution in [3.63, 3.8) is 0 Å². The summed E-state index contributed by atoms with van der Waals surface area (Å²) in [6.07, 6.45) is 1.93. The van der Waals surface area contributed by atoms with E-state index < -0.39 is 54.4 Å². The zero-order valence-electron chi connectivity index (χ0n) is 16.5. The Morgan fingerprint density at radius 2 is 1.43 bits per heavy atom. The molecule has 174 valence electrons. The van der Waals surface area contributed by atoms with Crippen molar-refractivity contribution in [2.24, 2.45) is 17.2 Å². The van der Waals surface area contributed by atoms with Crippen molar-refractivity contribution in [3.8, 4) is 0 Å². The van der Waals surface area contributed by atoms with Gasteiger partial charge in [0.05, 0.1) is 0 Å². The fraction of sp³-hybridized carbons (Fsp3) is 0.688. The lowest BCUT2D eigenvalue weighted by molar-refractivity contribution is -0.139. The highest BCUT2D eigenvalue weighted by Gasteiger charge is 2.20. The Morgan fingerprint density at radius 1 is 0.900 bits per heavy atom. The highest BCUT2D eigenvalue weighted by Crippen LogP contribution is 1.98. The van der Waals surface area contributed by atoms with E-state index in [1.54, 1.807) is 0 Å². The van der Waals surface area contributed by atoms with E-state index in [1.165, 1.54) is 0 Å². The molecule has 13 nitrogen and oxygen atoms in total. The number of carbonyl (C=O) groups excluding carboxylic acids is 2. The van der Waals surface area contributed by atoms with Gasteiger partial charge in [0, 0.05) is 12.2 Å². The van der Waals surface area contributed by atoms with Gasteiger partial charge in [-0.05, 0) is 25.8 Å². The largest absolute Gasteiger partial charge is 0.480 e. The summed E-state index contributed by atoms with van der Waals surface area (Å²) in [7, 11) is 0. The van der Waals surface area contributed by atoms with Crippen molar-refractivity contribution in [1.82, 2.24) is 10.6 Å². The molecule has 0 rings (SSSR count). The van der Waals surface area contributed by atoms with Gasteiger partial charge in [0.15, 0.2) is 0 Å². The van der Waals surface area contributed by atoms with Crippen molar-refractivity contribution in [2.45, 2.75) is 50.2 Å². The Morgan fingerprint density at radius 3 is 1.87 bits per heavy atom. The molecule has 2 amide bonds. The lowest BCUT2D eigenvalue weighted by Gasteiger charge is -2.16. The van der Waals surface area contributed by atoms with Crippen LogP contribution < -0.4 is 27.8 Å². The minimum absolute atomic E-state index is 0.0256. The van der Waals surface area contributed by atoms with Gasteiger partial charge < -0.3 is 43.2 Å². The smallest absolute Gasteiger partial charge is 0.322 e. The summed E-state index contributed by atoms with van der Waals surface area (Å²) in [5.41, 5.74) is 15.6. The Bertz CT molecular complexity index is 578. The van der Waals surface area contributed by atoms with Crippen LogP contribution in [0.3, 0.4) is 0 Å². The van der Waals surface area contributed by atoms with Gasteiger partial charge in [0.1, 0.15) is 24.7 Å². The van der Waals surface area contributed by atoms with Gasteiger partial charge in [-0.25, -0.2) is 0 Å². The maximum absolute atomic E-state index is 11.5. The number of thiol groups is 1. The van der Waals surface area contributed by atoms with Gasteiger partial charge in [0.2, 0.25) is 11.8 Å². The van der Waals surface area contributed by atoms with Gasteiger partial charge in [-0.2, -0.15) is 12.6 Å². The second-order valence-electron chi connectivity index (χ2n) is 6.13. The number of carboxylic acids is 3. The molecular formula is C16H31N5O8S. The van der Waals surface area contributed by atoms with Crippen LogP contribution in [0.1, 0.15) is 32.1 Å². The maximum Gasteiger partial charge on any atom is 0.322 e. The molecule has 0 aliphatic rings. The van der Waals surface area contributed by atoms with E-state index in [0.29, 0.717) is 13.0 Å². The van der Waals surface area contributed by atoms with E-state index in [-0.39, 0.29) is 18.6 Å². The van der Waals surface area contributed by atoms with Gasteiger partial charge in [-0.3, -0.25) is 24.0 Å². The second kappa shape index (κ2) is 17.4. The number of rotatable bonds is 14. The Kier molecular flexibility index (Phi) is 17.3. The third-order valence-corrected chi connectivity index (χ3v) is 3.90. The summed E-state index contributed by atoms with van der Waals surface area (Å²) in [5.74, 6) is -4.64.